The Morgan fingerprint density at radius 1 is 1.20 bits per heavy atom. The van der Waals surface area contributed by atoms with E-state index in [-0.39, 0.29) is 6.04 Å². The average Bonchev–Trinajstić information content (AvgIpc) is 3.00. The molecule has 0 saturated carbocycles. The lowest BCUT2D eigenvalue weighted by Crippen LogP contribution is -2.18. The fourth-order valence-electron chi connectivity index (χ4n) is 2.83. The Labute approximate surface area is 121 Å². The van der Waals surface area contributed by atoms with E-state index in [1.54, 1.807) is 37.4 Å². The molecule has 0 spiro atoms. The summed E-state index contributed by atoms with van der Waals surface area (Å²) in [5.41, 5.74) is 2.10. The third-order valence-electron chi connectivity index (χ3n) is 3.96. The van der Waals surface area contributed by atoms with Gasteiger partial charge in [-0.3, -0.25) is 0 Å². The third kappa shape index (κ3) is 2.17. The summed E-state index contributed by atoms with van der Waals surface area (Å²) in [6.07, 6.45) is 3.42. The van der Waals surface area contributed by atoms with Crippen molar-refractivity contribution in [3.05, 3.63) is 56.3 Å². The maximum atomic E-state index is 14.2. The first-order valence-corrected chi connectivity index (χ1v) is 7.66. The lowest BCUT2D eigenvalue weighted by molar-refractivity contribution is 0.483. The first-order chi connectivity index (χ1) is 9.61. The Hall–Kier alpha value is -1.26. The predicted octanol–water partition coefficient (Wildman–Crippen LogP) is 4.13. The van der Waals surface area contributed by atoms with Crippen molar-refractivity contribution < 1.29 is 8.78 Å². The zero-order valence-corrected chi connectivity index (χ0v) is 12.4. The lowest BCUT2D eigenvalue weighted by Gasteiger charge is -2.17. The molecule has 0 amide bonds. The van der Waals surface area contributed by atoms with Gasteiger partial charge in [0.1, 0.15) is 0 Å². The lowest BCUT2D eigenvalue weighted by atomic mass is 10.0. The molecule has 0 saturated heterocycles. The van der Waals surface area contributed by atoms with Crippen LogP contribution in [0, 0.1) is 18.6 Å². The number of rotatable bonds is 3. The number of aryl methyl sites for hydroxylation is 3. The van der Waals surface area contributed by atoms with Gasteiger partial charge < -0.3 is 5.32 Å². The van der Waals surface area contributed by atoms with Gasteiger partial charge in [-0.05, 0) is 50.4 Å². The zero-order valence-electron chi connectivity index (χ0n) is 11.6. The molecule has 1 aromatic heterocycles. The molecule has 1 N–H and O–H groups in total. The molecule has 20 heavy (non-hydrogen) atoms. The zero-order chi connectivity index (χ0) is 14.3. The van der Waals surface area contributed by atoms with Crippen LogP contribution in [0.25, 0.3) is 0 Å². The minimum atomic E-state index is -0.744. The molecule has 0 bridgehead atoms. The van der Waals surface area contributed by atoms with Crippen molar-refractivity contribution in [2.24, 2.45) is 0 Å². The van der Waals surface area contributed by atoms with E-state index in [0.717, 1.165) is 17.7 Å². The number of hydrogen-bond donors (Lipinski definition) is 1. The SMILES string of the molecule is CNC(c1cc2c(s1)CCC2)c1ccc(C)c(F)c1F. The molecule has 0 radical (unpaired) electrons. The van der Waals surface area contributed by atoms with E-state index in [1.165, 1.54) is 16.9 Å². The van der Waals surface area contributed by atoms with Gasteiger partial charge in [0.2, 0.25) is 0 Å². The largest absolute Gasteiger partial charge is 0.309 e. The Balaban J connectivity index is 2.03. The summed E-state index contributed by atoms with van der Waals surface area (Å²) in [6.45, 7) is 1.58. The summed E-state index contributed by atoms with van der Waals surface area (Å²) in [5.74, 6) is -1.48. The van der Waals surface area contributed by atoms with E-state index in [2.05, 4.69) is 11.4 Å². The van der Waals surface area contributed by atoms with Gasteiger partial charge >= 0.3 is 0 Å². The highest BCUT2D eigenvalue weighted by molar-refractivity contribution is 7.12. The molecule has 0 aliphatic heterocycles. The molecular weight excluding hydrogens is 276 g/mol. The van der Waals surface area contributed by atoms with Crippen molar-refractivity contribution in [2.75, 3.05) is 7.05 Å². The first-order valence-electron chi connectivity index (χ1n) is 6.85. The van der Waals surface area contributed by atoms with Crippen molar-refractivity contribution >= 4 is 11.3 Å². The molecule has 4 heteroatoms. The smallest absolute Gasteiger partial charge is 0.164 e. The monoisotopic (exact) mass is 293 g/mol. The second-order valence-corrected chi connectivity index (χ2v) is 6.44. The standard InChI is InChI=1S/C16H17F2NS/c1-9-6-7-11(15(18)14(9)17)16(19-2)13-8-10-4-3-5-12(10)20-13/h6-8,16,19H,3-5H2,1-2H3. The molecular formula is C16H17F2NS. The topological polar surface area (TPSA) is 12.0 Å². The van der Waals surface area contributed by atoms with Gasteiger partial charge in [-0.2, -0.15) is 0 Å². The summed E-state index contributed by atoms with van der Waals surface area (Å²) in [7, 11) is 1.78. The van der Waals surface area contributed by atoms with Gasteiger partial charge in [0.25, 0.3) is 0 Å². The fraction of sp³-hybridized carbons (Fsp3) is 0.375. The van der Waals surface area contributed by atoms with E-state index >= 15 is 0 Å². The highest BCUT2D eigenvalue weighted by atomic mass is 32.1. The van der Waals surface area contributed by atoms with E-state index in [0.29, 0.717) is 11.1 Å². The van der Waals surface area contributed by atoms with Crippen LogP contribution in [0.4, 0.5) is 8.78 Å². The highest BCUT2D eigenvalue weighted by Gasteiger charge is 2.24. The van der Waals surface area contributed by atoms with E-state index < -0.39 is 11.6 Å². The maximum absolute atomic E-state index is 14.2. The Morgan fingerprint density at radius 3 is 2.70 bits per heavy atom. The fourth-order valence-corrected chi connectivity index (χ4v) is 4.22. The van der Waals surface area contributed by atoms with Gasteiger partial charge in [0.15, 0.2) is 11.6 Å². The second-order valence-electron chi connectivity index (χ2n) is 5.27. The maximum Gasteiger partial charge on any atom is 0.164 e. The van der Waals surface area contributed by atoms with Crippen LogP contribution in [0.1, 0.15) is 38.9 Å². The van der Waals surface area contributed by atoms with Crippen LogP contribution in [0.15, 0.2) is 18.2 Å². The van der Waals surface area contributed by atoms with Crippen LogP contribution < -0.4 is 5.32 Å². The van der Waals surface area contributed by atoms with E-state index in [4.69, 9.17) is 0 Å². The van der Waals surface area contributed by atoms with Gasteiger partial charge in [0, 0.05) is 15.3 Å². The van der Waals surface area contributed by atoms with E-state index in [1.807, 2.05) is 0 Å². The van der Waals surface area contributed by atoms with Crippen molar-refractivity contribution in [1.82, 2.24) is 5.32 Å². The van der Waals surface area contributed by atoms with Crippen LogP contribution >= 0.6 is 11.3 Å². The normalized spacial score (nSPS) is 15.4. The van der Waals surface area contributed by atoms with Crippen LogP contribution in [0.2, 0.25) is 0 Å². The molecule has 1 aliphatic carbocycles. The third-order valence-corrected chi connectivity index (χ3v) is 5.26. The summed E-state index contributed by atoms with van der Waals surface area (Å²) in [6, 6.07) is 5.19. The van der Waals surface area contributed by atoms with Gasteiger partial charge in [-0.1, -0.05) is 12.1 Å². The number of thiophene rings is 1. The molecule has 1 atom stereocenters. The molecule has 1 aliphatic rings. The molecule has 1 aromatic carbocycles. The number of nitrogens with one attached hydrogen (secondary N) is 1. The summed E-state index contributed by atoms with van der Waals surface area (Å²) >= 11 is 1.72. The molecule has 1 unspecified atom stereocenters. The van der Waals surface area contributed by atoms with Crippen molar-refractivity contribution in [2.45, 2.75) is 32.2 Å². The summed E-state index contributed by atoms with van der Waals surface area (Å²) < 4.78 is 27.9. The Bertz CT molecular complexity index is 627. The molecule has 0 fully saturated rings. The van der Waals surface area contributed by atoms with Crippen LogP contribution in [-0.2, 0) is 12.8 Å². The van der Waals surface area contributed by atoms with Crippen molar-refractivity contribution in [3.8, 4) is 0 Å². The number of hydrogen-bond acceptors (Lipinski definition) is 2. The molecule has 3 rings (SSSR count). The molecule has 106 valence electrons. The molecule has 2 aromatic rings. The predicted molar refractivity (Wildman–Crippen MR) is 78.3 cm³/mol. The Morgan fingerprint density at radius 2 is 2.00 bits per heavy atom. The summed E-state index contributed by atoms with van der Waals surface area (Å²) in [4.78, 5) is 2.47. The van der Waals surface area contributed by atoms with Gasteiger partial charge in [-0.15, -0.1) is 11.3 Å². The van der Waals surface area contributed by atoms with E-state index in [9.17, 15) is 8.78 Å². The average molecular weight is 293 g/mol. The Kier molecular flexibility index (Phi) is 3.61. The molecule has 1 heterocycles. The first kappa shape index (κ1) is 13.7. The van der Waals surface area contributed by atoms with Gasteiger partial charge in [-0.25, -0.2) is 8.78 Å². The highest BCUT2D eigenvalue weighted by Crippen LogP contribution is 2.37. The summed E-state index contributed by atoms with van der Waals surface area (Å²) in [5, 5.41) is 3.11. The van der Waals surface area contributed by atoms with Crippen molar-refractivity contribution in [1.29, 1.82) is 0 Å². The van der Waals surface area contributed by atoms with Crippen molar-refractivity contribution in [3.63, 3.8) is 0 Å². The van der Waals surface area contributed by atoms with Crippen LogP contribution in [0.5, 0.6) is 0 Å². The second kappa shape index (κ2) is 5.26. The molecule has 1 nitrogen and oxygen atoms in total. The van der Waals surface area contributed by atoms with Crippen LogP contribution in [-0.4, -0.2) is 7.05 Å². The number of halogens is 2. The van der Waals surface area contributed by atoms with Crippen LogP contribution in [0.3, 0.4) is 0 Å². The van der Waals surface area contributed by atoms with Gasteiger partial charge in [0.05, 0.1) is 6.04 Å². The number of fused-ring (bicyclic) bond motifs is 1. The minimum Gasteiger partial charge on any atom is -0.309 e. The number of benzene rings is 1. The minimum absolute atomic E-state index is 0.277. The quantitative estimate of drug-likeness (QED) is 0.897.